The highest BCUT2D eigenvalue weighted by Gasteiger charge is 2.01. The molecular formula is C13H14N2O. The van der Waals surface area contributed by atoms with Gasteiger partial charge in [-0.15, -0.1) is 0 Å². The summed E-state index contributed by atoms with van der Waals surface area (Å²) in [7, 11) is 0. The van der Waals surface area contributed by atoms with Crippen molar-refractivity contribution in [2.45, 2.75) is 6.42 Å². The molecule has 0 radical (unpaired) electrons. The molecule has 0 unspecified atom stereocenters. The first-order chi connectivity index (χ1) is 7.88. The summed E-state index contributed by atoms with van der Waals surface area (Å²) in [5.74, 6) is 0. The SMILES string of the molecule is OCC1=CC(=NNc2ccccc2)C=CC1. The van der Waals surface area contributed by atoms with Crippen LogP contribution in [0.15, 0.2) is 59.2 Å². The Labute approximate surface area is 94.8 Å². The van der Waals surface area contributed by atoms with Gasteiger partial charge in [-0.2, -0.15) is 5.10 Å². The van der Waals surface area contributed by atoms with Gasteiger partial charge in [0, 0.05) is 0 Å². The molecule has 0 saturated carbocycles. The Hall–Kier alpha value is -1.87. The first-order valence-corrected chi connectivity index (χ1v) is 5.24. The van der Waals surface area contributed by atoms with Gasteiger partial charge in [0.1, 0.15) is 0 Å². The van der Waals surface area contributed by atoms with Crippen LogP contribution in [0.4, 0.5) is 5.69 Å². The fraction of sp³-hybridized carbons (Fsp3) is 0.154. The minimum Gasteiger partial charge on any atom is -0.392 e. The van der Waals surface area contributed by atoms with Crippen LogP contribution < -0.4 is 5.43 Å². The standard InChI is InChI=1S/C13H14N2O/c16-10-11-5-4-8-13(9-11)15-14-12-6-2-1-3-7-12/h1-4,6-9,14,16H,5,10H2. The lowest BCUT2D eigenvalue weighted by molar-refractivity contribution is 0.329. The van der Waals surface area contributed by atoms with Gasteiger partial charge in [0.05, 0.1) is 18.0 Å². The van der Waals surface area contributed by atoms with Crippen molar-refractivity contribution in [3.63, 3.8) is 0 Å². The van der Waals surface area contributed by atoms with Crippen LogP contribution in [0.5, 0.6) is 0 Å². The second-order valence-corrected chi connectivity index (χ2v) is 3.58. The molecular weight excluding hydrogens is 200 g/mol. The first kappa shape index (κ1) is 10.6. The van der Waals surface area contributed by atoms with Gasteiger partial charge in [-0.3, -0.25) is 5.43 Å². The third-order valence-electron chi connectivity index (χ3n) is 2.31. The Morgan fingerprint density at radius 2 is 2.06 bits per heavy atom. The number of para-hydroxylation sites is 1. The minimum absolute atomic E-state index is 0.0920. The topological polar surface area (TPSA) is 44.6 Å². The zero-order chi connectivity index (χ0) is 11.2. The molecule has 0 heterocycles. The second kappa shape index (κ2) is 5.28. The molecule has 1 aliphatic rings. The maximum atomic E-state index is 9.02. The van der Waals surface area contributed by atoms with E-state index in [9.17, 15) is 0 Å². The van der Waals surface area contributed by atoms with Crippen molar-refractivity contribution in [3.8, 4) is 0 Å². The van der Waals surface area contributed by atoms with E-state index in [1.54, 1.807) is 0 Å². The van der Waals surface area contributed by atoms with Crippen molar-refractivity contribution >= 4 is 11.4 Å². The van der Waals surface area contributed by atoms with E-state index in [1.807, 2.05) is 48.6 Å². The van der Waals surface area contributed by atoms with Crippen molar-refractivity contribution in [3.05, 3.63) is 54.1 Å². The van der Waals surface area contributed by atoms with Crippen molar-refractivity contribution in [2.24, 2.45) is 5.10 Å². The van der Waals surface area contributed by atoms with Gasteiger partial charge in [0.25, 0.3) is 0 Å². The molecule has 3 heteroatoms. The smallest absolute Gasteiger partial charge is 0.0830 e. The zero-order valence-electron chi connectivity index (χ0n) is 8.93. The fourth-order valence-corrected chi connectivity index (χ4v) is 1.47. The molecule has 0 amide bonds. The van der Waals surface area contributed by atoms with Crippen LogP contribution in [0.3, 0.4) is 0 Å². The largest absolute Gasteiger partial charge is 0.392 e. The summed E-state index contributed by atoms with van der Waals surface area (Å²) in [5.41, 5.74) is 5.74. The highest BCUT2D eigenvalue weighted by atomic mass is 16.3. The lowest BCUT2D eigenvalue weighted by Gasteiger charge is -2.07. The number of hydrazone groups is 1. The molecule has 0 bridgehead atoms. The van der Waals surface area contributed by atoms with Crippen molar-refractivity contribution in [2.75, 3.05) is 12.0 Å². The highest BCUT2D eigenvalue weighted by molar-refractivity contribution is 6.05. The monoisotopic (exact) mass is 214 g/mol. The molecule has 3 nitrogen and oxygen atoms in total. The van der Waals surface area contributed by atoms with Crippen LogP contribution in [0.25, 0.3) is 0 Å². The van der Waals surface area contributed by atoms with Crippen LogP contribution in [0, 0.1) is 0 Å². The van der Waals surface area contributed by atoms with Crippen molar-refractivity contribution < 1.29 is 5.11 Å². The minimum atomic E-state index is 0.0920. The van der Waals surface area contributed by atoms with E-state index in [0.717, 1.165) is 23.4 Å². The number of aliphatic hydroxyl groups is 1. The van der Waals surface area contributed by atoms with Gasteiger partial charge in [-0.05, 0) is 36.3 Å². The molecule has 1 aromatic rings. The van der Waals surface area contributed by atoms with Crippen LogP contribution in [-0.2, 0) is 0 Å². The van der Waals surface area contributed by atoms with E-state index in [1.165, 1.54) is 0 Å². The van der Waals surface area contributed by atoms with Gasteiger partial charge >= 0.3 is 0 Å². The number of benzene rings is 1. The van der Waals surface area contributed by atoms with E-state index in [2.05, 4.69) is 10.5 Å². The van der Waals surface area contributed by atoms with E-state index in [0.29, 0.717) is 0 Å². The van der Waals surface area contributed by atoms with Gasteiger partial charge in [0.2, 0.25) is 0 Å². The predicted molar refractivity (Wildman–Crippen MR) is 66.4 cm³/mol. The van der Waals surface area contributed by atoms with Crippen LogP contribution in [-0.4, -0.2) is 17.4 Å². The van der Waals surface area contributed by atoms with Gasteiger partial charge in [-0.25, -0.2) is 0 Å². The van der Waals surface area contributed by atoms with E-state index in [-0.39, 0.29) is 6.61 Å². The second-order valence-electron chi connectivity index (χ2n) is 3.58. The summed E-state index contributed by atoms with van der Waals surface area (Å²) >= 11 is 0. The fourth-order valence-electron chi connectivity index (χ4n) is 1.47. The number of anilines is 1. The summed E-state index contributed by atoms with van der Waals surface area (Å²) in [6.07, 6.45) is 6.64. The Morgan fingerprint density at radius 1 is 1.25 bits per heavy atom. The van der Waals surface area contributed by atoms with E-state index < -0.39 is 0 Å². The average Bonchev–Trinajstić information content (AvgIpc) is 2.38. The van der Waals surface area contributed by atoms with Crippen LogP contribution >= 0.6 is 0 Å². The molecule has 82 valence electrons. The summed E-state index contributed by atoms with van der Waals surface area (Å²) in [6.45, 7) is 0.0920. The van der Waals surface area contributed by atoms with Crippen LogP contribution in [0.1, 0.15) is 6.42 Å². The molecule has 0 aliphatic heterocycles. The molecule has 0 aromatic heterocycles. The quantitative estimate of drug-likeness (QED) is 0.758. The van der Waals surface area contributed by atoms with Crippen molar-refractivity contribution in [1.29, 1.82) is 0 Å². The van der Waals surface area contributed by atoms with E-state index >= 15 is 0 Å². The van der Waals surface area contributed by atoms with Gasteiger partial charge < -0.3 is 5.11 Å². The van der Waals surface area contributed by atoms with E-state index in [4.69, 9.17) is 5.11 Å². The molecule has 0 fully saturated rings. The first-order valence-electron chi connectivity index (χ1n) is 5.24. The third-order valence-corrected chi connectivity index (χ3v) is 2.31. The summed E-state index contributed by atoms with van der Waals surface area (Å²) < 4.78 is 0. The number of hydrogen-bond donors (Lipinski definition) is 2. The number of nitrogens with zero attached hydrogens (tertiary/aromatic N) is 1. The summed E-state index contributed by atoms with van der Waals surface area (Å²) in [6, 6.07) is 9.77. The summed E-state index contributed by atoms with van der Waals surface area (Å²) in [5, 5.41) is 13.3. The molecule has 2 N–H and O–H groups in total. The Kier molecular flexibility index (Phi) is 3.51. The predicted octanol–water partition coefficient (Wildman–Crippen LogP) is 2.33. The Balaban J connectivity index is 2.05. The molecule has 1 aromatic carbocycles. The number of allylic oxidation sites excluding steroid dienone is 3. The number of nitrogens with one attached hydrogen (secondary N) is 1. The zero-order valence-corrected chi connectivity index (χ0v) is 8.93. The lowest BCUT2D eigenvalue weighted by atomic mass is 10.1. The highest BCUT2D eigenvalue weighted by Crippen LogP contribution is 2.10. The summed E-state index contributed by atoms with van der Waals surface area (Å²) in [4.78, 5) is 0. The number of hydrogen-bond acceptors (Lipinski definition) is 3. The normalized spacial score (nSPS) is 17.3. The molecule has 0 saturated heterocycles. The number of rotatable bonds is 3. The Bertz CT molecular complexity index is 433. The Morgan fingerprint density at radius 3 is 2.81 bits per heavy atom. The lowest BCUT2D eigenvalue weighted by Crippen LogP contribution is -2.03. The van der Waals surface area contributed by atoms with Crippen LogP contribution in [0.2, 0.25) is 0 Å². The number of aliphatic hydroxyl groups excluding tert-OH is 1. The average molecular weight is 214 g/mol. The third kappa shape index (κ3) is 2.81. The molecule has 2 rings (SSSR count). The molecule has 0 atom stereocenters. The molecule has 1 aliphatic carbocycles. The maximum absolute atomic E-state index is 9.02. The van der Waals surface area contributed by atoms with Gasteiger partial charge in [-0.1, -0.05) is 24.3 Å². The molecule has 0 spiro atoms. The molecule has 16 heavy (non-hydrogen) atoms. The van der Waals surface area contributed by atoms with Gasteiger partial charge in [0.15, 0.2) is 0 Å². The maximum Gasteiger partial charge on any atom is 0.0830 e. The van der Waals surface area contributed by atoms with Crippen molar-refractivity contribution in [1.82, 2.24) is 0 Å².